The van der Waals surface area contributed by atoms with Crippen LogP contribution >= 0.6 is 34.7 Å². The summed E-state index contributed by atoms with van der Waals surface area (Å²) in [7, 11) is 0. The topological polar surface area (TPSA) is 74.8 Å². The number of aryl methyl sites for hydroxylation is 2. The number of thiophene rings is 1. The highest BCUT2D eigenvalue weighted by atomic mass is 35.5. The van der Waals surface area contributed by atoms with Gasteiger partial charge in [0.05, 0.1) is 22.9 Å². The molecule has 0 saturated heterocycles. The van der Waals surface area contributed by atoms with Crippen LogP contribution in [0.4, 0.5) is 0 Å². The molecule has 1 atom stereocenters. The lowest BCUT2D eigenvalue weighted by atomic mass is 9.96. The molecule has 1 aliphatic carbocycles. The predicted octanol–water partition coefficient (Wildman–Crippen LogP) is 4.87. The van der Waals surface area contributed by atoms with Gasteiger partial charge in [-0.05, 0) is 48.4 Å². The van der Waals surface area contributed by atoms with Crippen LogP contribution in [0.5, 0.6) is 0 Å². The van der Waals surface area contributed by atoms with Crippen molar-refractivity contribution in [2.24, 2.45) is 5.92 Å². The molecule has 2 N–H and O–H groups in total. The number of amides is 1. The highest BCUT2D eigenvalue weighted by Gasteiger charge is 2.21. The summed E-state index contributed by atoms with van der Waals surface area (Å²) in [5, 5.41) is 4.56. The van der Waals surface area contributed by atoms with E-state index in [2.05, 4.69) is 29.1 Å². The summed E-state index contributed by atoms with van der Waals surface area (Å²) in [6.45, 7) is 4.16. The summed E-state index contributed by atoms with van der Waals surface area (Å²) in [6, 6.07) is 7.50. The second kappa shape index (κ2) is 9.12. The molecule has 2 heterocycles. The normalized spacial score (nSPS) is 14.3. The van der Waals surface area contributed by atoms with Crippen LogP contribution in [0.15, 0.2) is 29.1 Å². The third kappa shape index (κ3) is 4.58. The largest absolute Gasteiger partial charge is 0.348 e. The molecule has 0 saturated carbocycles. The molecule has 4 rings (SSSR count). The van der Waals surface area contributed by atoms with Crippen LogP contribution in [0.1, 0.15) is 48.1 Å². The minimum absolute atomic E-state index is 0.0350. The second-order valence-electron chi connectivity index (χ2n) is 7.88. The molecule has 5 nitrogen and oxygen atoms in total. The Morgan fingerprint density at radius 2 is 2.07 bits per heavy atom. The number of thioether (sulfide) groups is 1. The summed E-state index contributed by atoms with van der Waals surface area (Å²) >= 11 is 9.06. The fourth-order valence-corrected chi connectivity index (χ4v) is 5.98. The molecule has 1 aromatic carbocycles. The number of aromatic amines is 1. The van der Waals surface area contributed by atoms with E-state index in [0.717, 1.165) is 35.0 Å². The van der Waals surface area contributed by atoms with Gasteiger partial charge in [-0.2, -0.15) is 0 Å². The number of rotatable bonds is 7. The monoisotopic (exact) mass is 461 g/mol. The van der Waals surface area contributed by atoms with Crippen LogP contribution < -0.4 is 10.9 Å². The lowest BCUT2D eigenvalue weighted by molar-refractivity contribution is -0.119. The first-order valence-electron chi connectivity index (χ1n) is 10.1. The zero-order valence-corrected chi connectivity index (χ0v) is 19.3. The Hall–Kier alpha value is -1.83. The molecule has 3 aromatic rings. The summed E-state index contributed by atoms with van der Waals surface area (Å²) in [6.07, 6.45) is 3.14. The zero-order chi connectivity index (χ0) is 21.3. The maximum absolute atomic E-state index is 12.5. The van der Waals surface area contributed by atoms with Gasteiger partial charge in [0.15, 0.2) is 0 Å². The number of nitrogens with one attached hydrogen (secondary N) is 2. The minimum atomic E-state index is -0.0712. The Morgan fingerprint density at radius 3 is 2.80 bits per heavy atom. The smallest absolute Gasteiger partial charge is 0.259 e. The fraction of sp³-hybridized carbons (Fsp3) is 0.409. The molecule has 0 spiro atoms. The van der Waals surface area contributed by atoms with Crippen LogP contribution in [0.25, 0.3) is 10.2 Å². The van der Waals surface area contributed by atoms with Crippen LogP contribution in [0.2, 0.25) is 5.02 Å². The van der Waals surface area contributed by atoms with E-state index in [9.17, 15) is 9.59 Å². The van der Waals surface area contributed by atoms with Gasteiger partial charge in [-0.1, -0.05) is 37.6 Å². The maximum atomic E-state index is 12.5. The van der Waals surface area contributed by atoms with E-state index in [1.165, 1.54) is 22.2 Å². The Kier molecular flexibility index (Phi) is 6.51. The first kappa shape index (κ1) is 21.4. The fourth-order valence-electron chi connectivity index (χ4n) is 3.88. The standard InChI is InChI=1S/C22H24ClN3O2S2/c1-12(2)20(13-6-8-14(23)9-7-13)26-18(27)11-29-10-17-24-21(28)19-15-4-3-5-16(15)30-22(19)25-17/h6-9,12,20H,3-5,10-11H2,1-2H3,(H,26,27)(H,24,25,28). The summed E-state index contributed by atoms with van der Waals surface area (Å²) < 4.78 is 0. The highest BCUT2D eigenvalue weighted by molar-refractivity contribution is 7.99. The van der Waals surface area contributed by atoms with Crippen molar-refractivity contribution in [3.8, 4) is 0 Å². The molecule has 0 bridgehead atoms. The average molecular weight is 462 g/mol. The third-order valence-corrected chi connectivity index (χ3v) is 7.69. The van der Waals surface area contributed by atoms with Gasteiger partial charge < -0.3 is 10.3 Å². The Labute approximate surface area is 188 Å². The zero-order valence-electron chi connectivity index (χ0n) is 17.0. The number of hydrogen-bond donors (Lipinski definition) is 2. The second-order valence-corrected chi connectivity index (χ2v) is 10.4. The number of fused-ring (bicyclic) bond motifs is 3. The summed E-state index contributed by atoms with van der Waals surface area (Å²) in [4.78, 5) is 34.7. The van der Waals surface area contributed by atoms with E-state index in [4.69, 9.17) is 11.6 Å². The van der Waals surface area contributed by atoms with Crippen molar-refractivity contribution in [1.29, 1.82) is 0 Å². The molecule has 1 amide bonds. The molecule has 30 heavy (non-hydrogen) atoms. The molecule has 2 aromatic heterocycles. The molecular formula is C22H24ClN3O2S2. The number of aromatic nitrogens is 2. The lowest BCUT2D eigenvalue weighted by Crippen LogP contribution is -2.33. The van der Waals surface area contributed by atoms with E-state index >= 15 is 0 Å². The Bertz CT molecular complexity index is 1120. The molecule has 0 fully saturated rings. The predicted molar refractivity (Wildman–Crippen MR) is 126 cm³/mol. The number of benzene rings is 1. The first-order valence-corrected chi connectivity index (χ1v) is 12.4. The number of carbonyl (C=O) groups is 1. The van der Waals surface area contributed by atoms with Gasteiger partial charge >= 0.3 is 0 Å². The van der Waals surface area contributed by atoms with E-state index in [0.29, 0.717) is 22.4 Å². The van der Waals surface area contributed by atoms with Gasteiger partial charge in [0.25, 0.3) is 5.56 Å². The van der Waals surface area contributed by atoms with Gasteiger partial charge in [-0.3, -0.25) is 9.59 Å². The summed E-state index contributed by atoms with van der Waals surface area (Å²) in [5.41, 5.74) is 2.17. The summed E-state index contributed by atoms with van der Waals surface area (Å²) in [5.74, 6) is 1.64. The molecule has 158 valence electrons. The van der Waals surface area contributed by atoms with E-state index in [1.54, 1.807) is 11.3 Å². The average Bonchev–Trinajstić information content (AvgIpc) is 3.27. The van der Waals surface area contributed by atoms with Crippen molar-refractivity contribution in [2.45, 2.75) is 44.9 Å². The third-order valence-electron chi connectivity index (χ3n) is 5.31. The molecular weight excluding hydrogens is 438 g/mol. The number of halogens is 1. The van der Waals surface area contributed by atoms with Crippen molar-refractivity contribution in [3.63, 3.8) is 0 Å². The first-order chi connectivity index (χ1) is 14.4. The molecule has 8 heteroatoms. The van der Waals surface area contributed by atoms with Crippen molar-refractivity contribution < 1.29 is 4.79 Å². The molecule has 0 aliphatic heterocycles. The van der Waals surface area contributed by atoms with E-state index in [-0.39, 0.29) is 23.4 Å². The highest BCUT2D eigenvalue weighted by Crippen LogP contribution is 2.34. The van der Waals surface area contributed by atoms with Crippen LogP contribution in [0, 0.1) is 5.92 Å². The van der Waals surface area contributed by atoms with E-state index < -0.39 is 0 Å². The van der Waals surface area contributed by atoms with Crippen molar-refractivity contribution in [3.05, 3.63) is 61.5 Å². The number of hydrogen-bond acceptors (Lipinski definition) is 5. The quantitative estimate of drug-likeness (QED) is 0.526. The van der Waals surface area contributed by atoms with Crippen molar-refractivity contribution in [1.82, 2.24) is 15.3 Å². The Morgan fingerprint density at radius 1 is 1.30 bits per heavy atom. The van der Waals surface area contributed by atoms with Gasteiger partial charge in [0.2, 0.25) is 5.91 Å². The number of nitrogens with zero attached hydrogens (tertiary/aromatic N) is 1. The van der Waals surface area contributed by atoms with E-state index in [1.807, 2.05) is 24.3 Å². The molecule has 1 aliphatic rings. The van der Waals surface area contributed by atoms with Gasteiger partial charge in [0.1, 0.15) is 10.7 Å². The van der Waals surface area contributed by atoms with Crippen LogP contribution in [-0.4, -0.2) is 21.6 Å². The van der Waals surface area contributed by atoms with Gasteiger partial charge in [-0.15, -0.1) is 23.1 Å². The molecule has 0 radical (unpaired) electrons. The number of H-pyrrole nitrogens is 1. The van der Waals surface area contributed by atoms with Crippen molar-refractivity contribution >= 4 is 50.8 Å². The van der Waals surface area contributed by atoms with Gasteiger partial charge in [0, 0.05) is 9.90 Å². The SMILES string of the molecule is CC(C)C(NC(=O)CSCc1nc2sc3c(c2c(=O)[nH]1)CCC3)c1ccc(Cl)cc1. The lowest BCUT2D eigenvalue weighted by Gasteiger charge is -2.23. The Balaban J connectivity index is 1.37. The maximum Gasteiger partial charge on any atom is 0.259 e. The van der Waals surface area contributed by atoms with Crippen molar-refractivity contribution in [2.75, 3.05) is 5.75 Å². The minimum Gasteiger partial charge on any atom is -0.348 e. The molecule has 1 unspecified atom stereocenters. The van der Waals surface area contributed by atoms with Gasteiger partial charge in [-0.25, -0.2) is 4.98 Å². The van der Waals surface area contributed by atoms with Crippen LogP contribution in [-0.2, 0) is 23.4 Å². The number of carbonyl (C=O) groups excluding carboxylic acids is 1. The van der Waals surface area contributed by atoms with Crippen LogP contribution in [0.3, 0.4) is 0 Å².